The van der Waals surface area contributed by atoms with E-state index in [2.05, 4.69) is 17.1 Å². The lowest BCUT2D eigenvalue weighted by atomic mass is 9.75. The number of carbonyl (C=O) groups excluding carboxylic acids is 3. The molecule has 1 N–H and O–H groups in total. The van der Waals surface area contributed by atoms with Crippen LogP contribution in [0.15, 0.2) is 36.4 Å². The van der Waals surface area contributed by atoms with Crippen molar-refractivity contribution in [2.24, 2.45) is 11.8 Å². The molecule has 8 heteroatoms. The van der Waals surface area contributed by atoms with Crippen molar-refractivity contribution < 1.29 is 23.9 Å². The number of nitrogens with one attached hydrogen (secondary N) is 1. The summed E-state index contributed by atoms with van der Waals surface area (Å²) in [5.74, 6) is -1.17. The Bertz CT molecular complexity index is 1240. The van der Waals surface area contributed by atoms with Crippen LogP contribution in [0.3, 0.4) is 0 Å². The van der Waals surface area contributed by atoms with E-state index in [1.165, 1.54) is 19.1 Å². The molecule has 6 rings (SSSR count). The highest BCUT2D eigenvalue weighted by molar-refractivity contribution is 6.26. The molecule has 176 valence electrons. The Morgan fingerprint density at radius 1 is 1.03 bits per heavy atom. The molecule has 3 amide bonds. The highest BCUT2D eigenvalue weighted by Crippen LogP contribution is 2.60. The van der Waals surface area contributed by atoms with Crippen LogP contribution >= 0.6 is 0 Å². The van der Waals surface area contributed by atoms with Crippen LogP contribution in [0.2, 0.25) is 0 Å². The molecule has 1 spiro atoms. The highest BCUT2D eigenvalue weighted by atomic mass is 16.5. The van der Waals surface area contributed by atoms with E-state index < -0.39 is 17.4 Å². The van der Waals surface area contributed by atoms with E-state index in [1.54, 1.807) is 18.2 Å². The molecule has 4 aliphatic rings. The Labute approximate surface area is 197 Å². The number of benzene rings is 2. The predicted molar refractivity (Wildman–Crippen MR) is 125 cm³/mol. The van der Waals surface area contributed by atoms with Crippen LogP contribution in [-0.4, -0.2) is 49.4 Å². The standard InChI is InChI=1S/C26H27N3O5/c1-4-14-7-9-17-16(12-14)26(25(32)27-17)22-21(18-6-5-11-28(18)26)23(30)29(24(22)31)15-8-10-19(33-2)20(13-15)34-3/h7-10,12-13,18,21-22H,4-6,11H2,1-3H3,(H,27,32). The second-order valence-electron chi connectivity index (χ2n) is 9.41. The fourth-order valence-corrected chi connectivity index (χ4v) is 6.69. The summed E-state index contributed by atoms with van der Waals surface area (Å²) in [4.78, 5) is 45.1. The number of ether oxygens (including phenoxy) is 2. The molecule has 2 aromatic carbocycles. The number of amides is 3. The lowest BCUT2D eigenvalue weighted by Crippen LogP contribution is -2.54. The summed E-state index contributed by atoms with van der Waals surface area (Å²) in [6.45, 7) is 2.76. The molecule has 2 aromatic rings. The van der Waals surface area contributed by atoms with Gasteiger partial charge in [-0.15, -0.1) is 0 Å². The Kier molecular flexibility index (Phi) is 4.55. The van der Waals surface area contributed by atoms with Crippen LogP contribution in [0.1, 0.15) is 30.9 Å². The molecule has 0 aliphatic carbocycles. The second-order valence-corrected chi connectivity index (χ2v) is 9.41. The lowest BCUT2D eigenvalue weighted by Gasteiger charge is -2.36. The minimum absolute atomic E-state index is 0.145. The zero-order valence-corrected chi connectivity index (χ0v) is 19.5. The summed E-state index contributed by atoms with van der Waals surface area (Å²) >= 11 is 0. The third kappa shape index (κ3) is 2.44. The summed E-state index contributed by atoms with van der Waals surface area (Å²) in [7, 11) is 3.05. The van der Waals surface area contributed by atoms with E-state index in [9.17, 15) is 14.4 Å². The van der Waals surface area contributed by atoms with Crippen molar-refractivity contribution in [1.29, 1.82) is 0 Å². The summed E-state index contributed by atoms with van der Waals surface area (Å²) in [5.41, 5.74) is 1.93. The Morgan fingerprint density at radius 3 is 2.56 bits per heavy atom. The van der Waals surface area contributed by atoms with Crippen molar-refractivity contribution >= 4 is 29.1 Å². The Morgan fingerprint density at radius 2 is 1.82 bits per heavy atom. The largest absolute Gasteiger partial charge is 0.493 e. The average molecular weight is 462 g/mol. The molecule has 3 fully saturated rings. The number of fused-ring (bicyclic) bond motifs is 7. The zero-order valence-electron chi connectivity index (χ0n) is 19.5. The summed E-state index contributed by atoms with van der Waals surface area (Å²) < 4.78 is 10.7. The fraction of sp³-hybridized carbons (Fsp3) is 0.423. The first-order chi connectivity index (χ1) is 16.5. The molecular weight excluding hydrogens is 434 g/mol. The van der Waals surface area contributed by atoms with Crippen molar-refractivity contribution in [3.05, 3.63) is 47.5 Å². The van der Waals surface area contributed by atoms with Crippen LogP contribution in [0.4, 0.5) is 11.4 Å². The molecule has 4 heterocycles. The number of nitrogens with zero attached hydrogens (tertiary/aromatic N) is 2. The van der Waals surface area contributed by atoms with Gasteiger partial charge in [-0.1, -0.05) is 19.1 Å². The van der Waals surface area contributed by atoms with Gasteiger partial charge in [-0.25, -0.2) is 4.90 Å². The Hall–Kier alpha value is -3.39. The molecule has 0 bridgehead atoms. The average Bonchev–Trinajstić information content (AvgIpc) is 3.56. The number of anilines is 2. The number of aryl methyl sites for hydroxylation is 1. The molecule has 8 nitrogen and oxygen atoms in total. The van der Waals surface area contributed by atoms with Gasteiger partial charge in [0.25, 0.3) is 0 Å². The van der Waals surface area contributed by atoms with E-state index in [1.807, 2.05) is 18.2 Å². The molecule has 0 saturated carbocycles. The maximum Gasteiger partial charge on any atom is 0.250 e. The lowest BCUT2D eigenvalue weighted by molar-refractivity contribution is -0.135. The number of hydrogen-bond donors (Lipinski definition) is 1. The minimum atomic E-state index is -1.16. The van der Waals surface area contributed by atoms with Gasteiger partial charge in [-0.2, -0.15) is 0 Å². The number of carbonyl (C=O) groups is 3. The van der Waals surface area contributed by atoms with Gasteiger partial charge in [0.15, 0.2) is 11.5 Å². The normalized spacial score (nSPS) is 29.4. The third-order valence-corrected chi connectivity index (χ3v) is 8.09. The number of imide groups is 1. The topological polar surface area (TPSA) is 88.2 Å². The fourth-order valence-electron chi connectivity index (χ4n) is 6.69. The molecule has 34 heavy (non-hydrogen) atoms. The van der Waals surface area contributed by atoms with Gasteiger partial charge in [0.1, 0.15) is 5.54 Å². The van der Waals surface area contributed by atoms with E-state index in [-0.39, 0.29) is 23.8 Å². The summed E-state index contributed by atoms with van der Waals surface area (Å²) in [5, 5.41) is 3.03. The van der Waals surface area contributed by atoms with Gasteiger partial charge in [0, 0.05) is 23.4 Å². The third-order valence-electron chi connectivity index (χ3n) is 8.09. The van der Waals surface area contributed by atoms with Crippen LogP contribution in [0.5, 0.6) is 11.5 Å². The van der Waals surface area contributed by atoms with Gasteiger partial charge in [-0.3, -0.25) is 19.3 Å². The van der Waals surface area contributed by atoms with E-state index in [4.69, 9.17) is 9.47 Å². The van der Waals surface area contributed by atoms with Crippen molar-refractivity contribution in [2.75, 3.05) is 31.0 Å². The molecule has 3 saturated heterocycles. The first kappa shape index (κ1) is 21.2. The van der Waals surface area contributed by atoms with E-state index in [0.29, 0.717) is 23.7 Å². The van der Waals surface area contributed by atoms with Crippen LogP contribution in [0.25, 0.3) is 0 Å². The zero-order chi connectivity index (χ0) is 23.8. The Balaban J connectivity index is 1.52. The molecular formula is C26H27N3O5. The van der Waals surface area contributed by atoms with Gasteiger partial charge in [-0.05, 0) is 49.6 Å². The molecule has 0 aromatic heterocycles. The second kappa shape index (κ2) is 7.30. The first-order valence-electron chi connectivity index (χ1n) is 11.8. The minimum Gasteiger partial charge on any atom is -0.493 e. The molecule has 0 radical (unpaired) electrons. The van der Waals surface area contributed by atoms with Crippen LogP contribution in [-0.2, 0) is 26.3 Å². The highest BCUT2D eigenvalue weighted by Gasteiger charge is 2.74. The predicted octanol–water partition coefficient (Wildman–Crippen LogP) is 2.70. The first-order valence-corrected chi connectivity index (χ1v) is 11.8. The number of rotatable bonds is 4. The molecule has 4 aliphatic heterocycles. The SMILES string of the molecule is CCc1ccc2c(c1)C1(C(=O)N2)C2C(=O)N(c3ccc(OC)c(OC)c3)C(=O)C2C2CCCN21. The quantitative estimate of drug-likeness (QED) is 0.705. The molecule has 4 atom stereocenters. The van der Waals surface area contributed by atoms with Crippen LogP contribution in [0, 0.1) is 11.8 Å². The molecule has 4 unspecified atom stereocenters. The van der Waals surface area contributed by atoms with Crippen molar-refractivity contribution in [1.82, 2.24) is 4.90 Å². The van der Waals surface area contributed by atoms with E-state index >= 15 is 0 Å². The van der Waals surface area contributed by atoms with Crippen molar-refractivity contribution in [2.45, 2.75) is 37.8 Å². The van der Waals surface area contributed by atoms with Crippen LogP contribution < -0.4 is 19.7 Å². The number of methoxy groups -OCH3 is 2. The van der Waals surface area contributed by atoms with Crippen molar-refractivity contribution in [3.8, 4) is 11.5 Å². The monoisotopic (exact) mass is 461 g/mol. The maximum absolute atomic E-state index is 14.1. The van der Waals surface area contributed by atoms with Gasteiger partial charge in [0.2, 0.25) is 17.7 Å². The van der Waals surface area contributed by atoms with Gasteiger partial charge < -0.3 is 14.8 Å². The summed E-state index contributed by atoms with van der Waals surface area (Å²) in [6, 6.07) is 10.8. The van der Waals surface area contributed by atoms with Gasteiger partial charge in [0.05, 0.1) is 31.7 Å². The maximum atomic E-state index is 14.1. The smallest absolute Gasteiger partial charge is 0.250 e. The van der Waals surface area contributed by atoms with Gasteiger partial charge >= 0.3 is 0 Å². The number of hydrogen-bond acceptors (Lipinski definition) is 6. The van der Waals surface area contributed by atoms with E-state index in [0.717, 1.165) is 36.1 Å². The van der Waals surface area contributed by atoms with Crippen molar-refractivity contribution in [3.63, 3.8) is 0 Å². The summed E-state index contributed by atoms with van der Waals surface area (Å²) in [6.07, 6.45) is 2.50.